The van der Waals surface area contributed by atoms with Crippen molar-refractivity contribution in [2.24, 2.45) is 10.9 Å². The third-order valence-electron chi connectivity index (χ3n) is 4.55. The zero-order valence-electron chi connectivity index (χ0n) is 16.9. The highest BCUT2D eigenvalue weighted by molar-refractivity contribution is 5.79. The average Bonchev–Trinajstić information content (AvgIpc) is 3.10. The van der Waals surface area contributed by atoms with Crippen LogP contribution in [0.5, 0.6) is 0 Å². The number of hydrogen-bond donors (Lipinski definition) is 2. The molecule has 1 saturated heterocycles. The topological polar surface area (TPSA) is 58.1 Å². The molecule has 1 aliphatic rings. The maximum atomic E-state index is 5.72. The average molecular weight is 357 g/mol. The highest BCUT2D eigenvalue weighted by Crippen LogP contribution is 2.12. The van der Waals surface area contributed by atoms with Crippen LogP contribution in [0.3, 0.4) is 0 Å². The number of hydrogen-bond acceptors (Lipinski definition) is 4. The predicted octanol–water partition coefficient (Wildman–Crippen LogP) is 2.11. The van der Waals surface area contributed by atoms with E-state index in [1.54, 1.807) is 0 Å². The van der Waals surface area contributed by atoms with E-state index >= 15 is 0 Å². The Bertz CT molecular complexity index is 344. The molecular formula is C19H40N4O2. The van der Waals surface area contributed by atoms with Crippen molar-refractivity contribution in [2.75, 3.05) is 59.7 Å². The van der Waals surface area contributed by atoms with Crippen LogP contribution in [0.4, 0.5) is 0 Å². The summed E-state index contributed by atoms with van der Waals surface area (Å²) in [6.07, 6.45) is 4.47. The first-order valence-electron chi connectivity index (χ1n) is 10.0. The third kappa shape index (κ3) is 11.4. The van der Waals surface area contributed by atoms with Crippen LogP contribution in [-0.4, -0.2) is 76.6 Å². The van der Waals surface area contributed by atoms with Crippen LogP contribution in [0.1, 0.15) is 46.5 Å². The Kier molecular flexibility index (Phi) is 12.7. The molecule has 6 heteroatoms. The molecular weight excluding hydrogens is 316 g/mol. The first kappa shape index (κ1) is 22.2. The van der Waals surface area contributed by atoms with Crippen LogP contribution in [0.2, 0.25) is 0 Å². The molecule has 1 fully saturated rings. The normalized spacial score (nSPS) is 18.3. The van der Waals surface area contributed by atoms with E-state index in [1.165, 1.54) is 6.42 Å². The summed E-state index contributed by atoms with van der Waals surface area (Å²) in [4.78, 5) is 7.01. The Morgan fingerprint density at radius 1 is 1.28 bits per heavy atom. The van der Waals surface area contributed by atoms with Gasteiger partial charge in [0.25, 0.3) is 0 Å². The quantitative estimate of drug-likeness (QED) is 0.301. The molecule has 0 bridgehead atoms. The van der Waals surface area contributed by atoms with Crippen molar-refractivity contribution in [1.82, 2.24) is 15.5 Å². The fourth-order valence-electron chi connectivity index (χ4n) is 2.62. The van der Waals surface area contributed by atoms with Crippen molar-refractivity contribution in [1.29, 1.82) is 0 Å². The number of nitrogens with one attached hydrogen (secondary N) is 2. The Labute approximate surface area is 154 Å². The van der Waals surface area contributed by atoms with Crippen LogP contribution in [0.25, 0.3) is 0 Å². The molecule has 0 aromatic rings. The van der Waals surface area contributed by atoms with Crippen molar-refractivity contribution in [3.63, 3.8) is 0 Å². The van der Waals surface area contributed by atoms with Crippen molar-refractivity contribution in [3.8, 4) is 0 Å². The van der Waals surface area contributed by atoms with Gasteiger partial charge >= 0.3 is 0 Å². The number of guanidine groups is 1. The Morgan fingerprint density at radius 2 is 2.12 bits per heavy atom. The van der Waals surface area contributed by atoms with Crippen molar-refractivity contribution in [2.45, 2.75) is 52.5 Å². The molecule has 0 spiro atoms. The lowest BCUT2D eigenvalue weighted by atomic mass is 10.1. The summed E-state index contributed by atoms with van der Waals surface area (Å²) in [5, 5.41) is 6.73. The number of ether oxygens (including phenoxy) is 2. The predicted molar refractivity (Wildman–Crippen MR) is 105 cm³/mol. The first-order valence-corrected chi connectivity index (χ1v) is 10.0. The van der Waals surface area contributed by atoms with Gasteiger partial charge in [-0.1, -0.05) is 0 Å². The molecule has 148 valence electrons. The Hall–Kier alpha value is -0.850. The van der Waals surface area contributed by atoms with Gasteiger partial charge in [0.2, 0.25) is 0 Å². The zero-order chi connectivity index (χ0) is 18.3. The minimum atomic E-state index is 0.595. The van der Waals surface area contributed by atoms with Gasteiger partial charge in [-0.05, 0) is 60.0 Å². The van der Waals surface area contributed by atoms with E-state index in [0.717, 1.165) is 77.8 Å². The fourth-order valence-corrected chi connectivity index (χ4v) is 2.62. The molecule has 1 atom stereocenters. The third-order valence-corrected chi connectivity index (χ3v) is 4.55. The second kappa shape index (κ2) is 14.3. The molecule has 1 heterocycles. The highest BCUT2D eigenvalue weighted by Gasteiger charge is 2.15. The van der Waals surface area contributed by atoms with Gasteiger partial charge in [0.15, 0.2) is 5.96 Å². The van der Waals surface area contributed by atoms with Crippen molar-refractivity contribution < 1.29 is 9.47 Å². The van der Waals surface area contributed by atoms with Crippen LogP contribution < -0.4 is 10.6 Å². The van der Waals surface area contributed by atoms with Gasteiger partial charge < -0.3 is 25.0 Å². The second-order valence-electron chi connectivity index (χ2n) is 7.13. The van der Waals surface area contributed by atoms with Crippen molar-refractivity contribution in [3.05, 3.63) is 0 Å². The summed E-state index contributed by atoms with van der Waals surface area (Å²) in [5.41, 5.74) is 0. The highest BCUT2D eigenvalue weighted by atomic mass is 16.5. The monoisotopic (exact) mass is 356 g/mol. The zero-order valence-corrected chi connectivity index (χ0v) is 16.9. The standard InChI is InChI=1S/C19H40N4O2/c1-5-20-19(21-10-6-7-12-23(4)17(2)3)22-11-8-13-24-15-18-9-14-25-16-18/h17-18H,5-16H2,1-4H3,(H2,20,21,22). The summed E-state index contributed by atoms with van der Waals surface area (Å²) < 4.78 is 11.1. The molecule has 25 heavy (non-hydrogen) atoms. The van der Waals surface area contributed by atoms with Crippen LogP contribution >= 0.6 is 0 Å². The summed E-state index contributed by atoms with van der Waals surface area (Å²) in [6, 6.07) is 0.621. The van der Waals surface area contributed by atoms with E-state index < -0.39 is 0 Å². The first-order chi connectivity index (χ1) is 12.1. The molecule has 0 saturated carbocycles. The number of unbranched alkanes of at least 4 members (excludes halogenated alkanes) is 1. The molecule has 0 amide bonds. The van der Waals surface area contributed by atoms with Gasteiger partial charge in [0, 0.05) is 44.8 Å². The molecule has 0 aromatic heterocycles. The number of nitrogens with zero attached hydrogens (tertiary/aromatic N) is 2. The minimum Gasteiger partial charge on any atom is -0.381 e. The molecule has 6 nitrogen and oxygen atoms in total. The summed E-state index contributed by atoms with van der Waals surface area (Å²) in [5.74, 6) is 1.51. The maximum absolute atomic E-state index is 5.72. The van der Waals surface area contributed by atoms with Gasteiger partial charge in [-0.15, -0.1) is 0 Å². The molecule has 1 aliphatic heterocycles. The lowest BCUT2D eigenvalue weighted by Crippen LogP contribution is -2.38. The van der Waals surface area contributed by atoms with E-state index in [1.807, 2.05) is 0 Å². The van der Waals surface area contributed by atoms with Crippen LogP contribution in [0.15, 0.2) is 4.99 Å². The smallest absolute Gasteiger partial charge is 0.191 e. The maximum Gasteiger partial charge on any atom is 0.191 e. The van der Waals surface area contributed by atoms with Gasteiger partial charge in [0.1, 0.15) is 0 Å². The van der Waals surface area contributed by atoms with Gasteiger partial charge in [-0.3, -0.25) is 4.99 Å². The number of rotatable bonds is 13. The molecule has 0 aromatic carbocycles. The lowest BCUT2D eigenvalue weighted by molar-refractivity contribution is 0.0893. The molecule has 0 aliphatic carbocycles. The summed E-state index contributed by atoms with van der Waals surface area (Å²) in [7, 11) is 2.19. The number of aliphatic imine (C=N–C) groups is 1. The lowest BCUT2D eigenvalue weighted by Gasteiger charge is -2.20. The Balaban J connectivity index is 2.05. The van der Waals surface area contributed by atoms with Crippen LogP contribution in [0, 0.1) is 5.92 Å². The van der Waals surface area contributed by atoms with E-state index in [9.17, 15) is 0 Å². The van der Waals surface area contributed by atoms with Crippen LogP contribution in [-0.2, 0) is 9.47 Å². The molecule has 1 unspecified atom stereocenters. The largest absolute Gasteiger partial charge is 0.381 e. The second-order valence-corrected chi connectivity index (χ2v) is 7.13. The fraction of sp³-hybridized carbons (Fsp3) is 0.947. The Morgan fingerprint density at radius 3 is 2.80 bits per heavy atom. The summed E-state index contributed by atoms with van der Waals surface area (Å²) >= 11 is 0. The summed E-state index contributed by atoms with van der Waals surface area (Å²) in [6.45, 7) is 13.7. The van der Waals surface area contributed by atoms with E-state index in [4.69, 9.17) is 9.47 Å². The van der Waals surface area contributed by atoms with E-state index in [0.29, 0.717) is 12.0 Å². The molecule has 2 N–H and O–H groups in total. The SMILES string of the molecule is CCNC(=NCCCOCC1CCOC1)NCCCCN(C)C(C)C. The van der Waals surface area contributed by atoms with Gasteiger partial charge in [-0.25, -0.2) is 0 Å². The van der Waals surface area contributed by atoms with E-state index in [-0.39, 0.29) is 0 Å². The van der Waals surface area contributed by atoms with Gasteiger partial charge in [-0.2, -0.15) is 0 Å². The molecule has 1 rings (SSSR count). The molecule has 0 radical (unpaired) electrons. The van der Waals surface area contributed by atoms with E-state index in [2.05, 4.69) is 48.3 Å². The van der Waals surface area contributed by atoms with Gasteiger partial charge in [0.05, 0.1) is 13.2 Å². The van der Waals surface area contributed by atoms with Crippen molar-refractivity contribution >= 4 is 5.96 Å². The minimum absolute atomic E-state index is 0.595.